The minimum absolute atomic E-state index is 0.0616. The molecule has 1 N–H and O–H groups in total. The predicted molar refractivity (Wildman–Crippen MR) is 92.7 cm³/mol. The summed E-state index contributed by atoms with van der Waals surface area (Å²) in [5.41, 5.74) is 1.04. The smallest absolute Gasteiger partial charge is 0.211 e. The summed E-state index contributed by atoms with van der Waals surface area (Å²) in [6.45, 7) is 0.393. The van der Waals surface area contributed by atoms with E-state index in [9.17, 15) is 8.42 Å². The number of hydrogen-bond donors (Lipinski definition) is 1. The molecule has 2 aromatic rings. The standard InChI is InChI=1S/C16H22N2O2S2/c1-18(2)15(16-9-6-11-21-16)13-17-22(19,20)12-10-14-7-4-3-5-8-14/h3-9,11,15,17H,10,12-13H2,1-2H3. The van der Waals surface area contributed by atoms with Gasteiger partial charge in [-0.1, -0.05) is 36.4 Å². The number of nitrogens with one attached hydrogen (secondary N) is 1. The van der Waals surface area contributed by atoms with Gasteiger partial charge in [-0.25, -0.2) is 13.1 Å². The zero-order valence-electron chi connectivity index (χ0n) is 12.9. The van der Waals surface area contributed by atoms with Gasteiger partial charge in [0.15, 0.2) is 0 Å². The third kappa shape index (κ3) is 5.21. The summed E-state index contributed by atoms with van der Waals surface area (Å²) in [7, 11) is 0.650. The van der Waals surface area contributed by atoms with Crippen LogP contribution in [0.1, 0.15) is 16.5 Å². The topological polar surface area (TPSA) is 49.4 Å². The van der Waals surface area contributed by atoms with Crippen molar-refractivity contribution in [3.05, 3.63) is 58.3 Å². The molecule has 0 amide bonds. The molecule has 0 aliphatic heterocycles. The molecule has 4 nitrogen and oxygen atoms in total. The first-order chi connectivity index (χ1) is 10.5. The van der Waals surface area contributed by atoms with Crippen molar-refractivity contribution < 1.29 is 8.42 Å². The second-order valence-electron chi connectivity index (χ2n) is 5.40. The molecule has 1 atom stereocenters. The molecule has 0 radical (unpaired) electrons. The first-order valence-corrected chi connectivity index (χ1v) is 9.72. The number of likely N-dealkylation sites (N-methyl/N-ethyl adjacent to an activating group) is 1. The van der Waals surface area contributed by atoms with E-state index >= 15 is 0 Å². The van der Waals surface area contributed by atoms with E-state index in [-0.39, 0.29) is 11.8 Å². The van der Waals surface area contributed by atoms with E-state index in [2.05, 4.69) is 4.72 Å². The van der Waals surface area contributed by atoms with E-state index in [1.165, 1.54) is 0 Å². The number of nitrogens with zero attached hydrogens (tertiary/aromatic N) is 1. The maximum Gasteiger partial charge on any atom is 0.211 e. The van der Waals surface area contributed by atoms with Gasteiger partial charge in [0.1, 0.15) is 0 Å². The zero-order chi connectivity index (χ0) is 16.0. The van der Waals surface area contributed by atoms with Gasteiger partial charge >= 0.3 is 0 Å². The molecule has 0 saturated carbocycles. The normalized spacial score (nSPS) is 13.4. The van der Waals surface area contributed by atoms with Gasteiger partial charge in [-0.15, -0.1) is 11.3 Å². The summed E-state index contributed by atoms with van der Waals surface area (Å²) >= 11 is 1.64. The lowest BCUT2D eigenvalue weighted by molar-refractivity contribution is 0.303. The summed E-state index contributed by atoms with van der Waals surface area (Å²) in [5, 5.41) is 2.01. The van der Waals surface area contributed by atoms with Crippen LogP contribution in [0, 0.1) is 0 Å². The van der Waals surface area contributed by atoms with Crippen LogP contribution in [0.3, 0.4) is 0 Å². The van der Waals surface area contributed by atoms with Crippen LogP contribution >= 0.6 is 11.3 Å². The van der Waals surface area contributed by atoms with Gasteiger partial charge in [-0.2, -0.15) is 0 Å². The van der Waals surface area contributed by atoms with Crippen molar-refractivity contribution in [3.63, 3.8) is 0 Å². The monoisotopic (exact) mass is 338 g/mol. The van der Waals surface area contributed by atoms with E-state index < -0.39 is 10.0 Å². The highest BCUT2D eigenvalue weighted by Crippen LogP contribution is 2.22. The fourth-order valence-electron chi connectivity index (χ4n) is 2.19. The average Bonchev–Trinajstić information content (AvgIpc) is 3.00. The van der Waals surface area contributed by atoms with Crippen LogP contribution in [0.4, 0.5) is 0 Å². The van der Waals surface area contributed by atoms with Crippen molar-refractivity contribution in [1.29, 1.82) is 0 Å². The molecule has 0 saturated heterocycles. The third-order valence-electron chi connectivity index (χ3n) is 3.49. The van der Waals surface area contributed by atoms with E-state index in [1.54, 1.807) is 11.3 Å². The Kier molecular flexibility index (Phi) is 6.14. The predicted octanol–water partition coefficient (Wildman–Crippen LogP) is 2.51. The molecule has 2 rings (SSSR count). The molecule has 0 bridgehead atoms. The highest BCUT2D eigenvalue weighted by molar-refractivity contribution is 7.89. The van der Waals surface area contributed by atoms with Crippen molar-refractivity contribution in [1.82, 2.24) is 9.62 Å². The van der Waals surface area contributed by atoms with Crippen LogP contribution in [0.15, 0.2) is 47.8 Å². The average molecular weight is 338 g/mol. The molecule has 1 aromatic heterocycles. The summed E-state index contributed by atoms with van der Waals surface area (Å²) < 4.78 is 27.1. The molecule has 0 aliphatic carbocycles. The van der Waals surface area contributed by atoms with Gasteiger partial charge in [0.25, 0.3) is 0 Å². The lowest BCUT2D eigenvalue weighted by Gasteiger charge is -2.23. The molecule has 0 spiro atoms. The molecule has 22 heavy (non-hydrogen) atoms. The van der Waals surface area contributed by atoms with Crippen molar-refractivity contribution in [2.24, 2.45) is 0 Å². The lowest BCUT2D eigenvalue weighted by Crippen LogP contribution is -2.35. The van der Waals surface area contributed by atoms with Gasteiger partial charge in [-0.3, -0.25) is 0 Å². The molecule has 1 unspecified atom stereocenters. The molecule has 0 fully saturated rings. The SMILES string of the molecule is CN(C)C(CNS(=O)(=O)CCc1ccccc1)c1cccs1. The molecule has 1 aromatic carbocycles. The van der Waals surface area contributed by atoms with Crippen LogP contribution in [-0.4, -0.2) is 39.7 Å². The van der Waals surface area contributed by atoms with Crippen LogP contribution in [0.25, 0.3) is 0 Å². The highest BCUT2D eigenvalue weighted by atomic mass is 32.2. The highest BCUT2D eigenvalue weighted by Gasteiger charge is 2.18. The number of aryl methyl sites for hydroxylation is 1. The van der Waals surface area contributed by atoms with E-state index in [0.29, 0.717) is 13.0 Å². The fourth-order valence-corrected chi connectivity index (χ4v) is 4.18. The molecule has 1 heterocycles. The summed E-state index contributed by atoms with van der Waals surface area (Å²) in [5.74, 6) is 0.113. The maximum absolute atomic E-state index is 12.2. The van der Waals surface area contributed by atoms with E-state index in [0.717, 1.165) is 10.4 Å². The number of rotatable bonds is 8. The Labute approximate surface area is 136 Å². The Morgan fingerprint density at radius 2 is 1.86 bits per heavy atom. The van der Waals surface area contributed by atoms with E-state index in [4.69, 9.17) is 0 Å². The van der Waals surface area contributed by atoms with Crippen molar-refractivity contribution in [3.8, 4) is 0 Å². The molecular formula is C16H22N2O2S2. The van der Waals surface area contributed by atoms with Crippen molar-refractivity contribution in [2.75, 3.05) is 26.4 Å². The maximum atomic E-state index is 12.2. The first kappa shape index (κ1) is 17.1. The third-order valence-corrected chi connectivity index (χ3v) is 5.82. The fraction of sp³-hybridized carbons (Fsp3) is 0.375. The largest absolute Gasteiger partial charge is 0.300 e. The second-order valence-corrected chi connectivity index (χ2v) is 8.30. The molecule has 120 valence electrons. The van der Waals surface area contributed by atoms with Crippen LogP contribution in [-0.2, 0) is 16.4 Å². The second kappa shape index (κ2) is 7.87. The van der Waals surface area contributed by atoms with Gasteiger partial charge in [0.05, 0.1) is 11.8 Å². The van der Waals surface area contributed by atoms with E-state index in [1.807, 2.05) is 66.8 Å². The van der Waals surface area contributed by atoms with Gasteiger partial charge in [-0.05, 0) is 37.5 Å². The molecule has 0 aliphatic rings. The Morgan fingerprint density at radius 3 is 2.45 bits per heavy atom. The zero-order valence-corrected chi connectivity index (χ0v) is 14.5. The van der Waals surface area contributed by atoms with Crippen LogP contribution in [0.2, 0.25) is 0 Å². The van der Waals surface area contributed by atoms with Crippen LogP contribution < -0.4 is 4.72 Å². The van der Waals surface area contributed by atoms with Gasteiger partial charge in [0.2, 0.25) is 10.0 Å². The quantitative estimate of drug-likeness (QED) is 0.804. The summed E-state index contributed by atoms with van der Waals surface area (Å²) in [6.07, 6.45) is 0.530. The van der Waals surface area contributed by atoms with Crippen molar-refractivity contribution in [2.45, 2.75) is 12.5 Å². The Morgan fingerprint density at radius 1 is 1.14 bits per heavy atom. The molecular weight excluding hydrogens is 316 g/mol. The number of thiophene rings is 1. The van der Waals surface area contributed by atoms with Crippen LogP contribution in [0.5, 0.6) is 0 Å². The minimum atomic E-state index is -3.27. The molecule has 6 heteroatoms. The van der Waals surface area contributed by atoms with Gasteiger partial charge < -0.3 is 4.90 Å². The Hall–Kier alpha value is -1.21. The Bertz CT molecular complexity index is 653. The summed E-state index contributed by atoms with van der Waals surface area (Å²) in [6, 6.07) is 13.8. The number of benzene rings is 1. The number of hydrogen-bond acceptors (Lipinski definition) is 4. The number of sulfonamides is 1. The first-order valence-electron chi connectivity index (χ1n) is 7.19. The Balaban J connectivity index is 1.91. The lowest BCUT2D eigenvalue weighted by atomic mass is 10.2. The summed E-state index contributed by atoms with van der Waals surface area (Å²) in [4.78, 5) is 3.20. The van der Waals surface area contributed by atoms with Crippen molar-refractivity contribution >= 4 is 21.4 Å². The van der Waals surface area contributed by atoms with Gasteiger partial charge in [0, 0.05) is 11.4 Å². The minimum Gasteiger partial charge on any atom is -0.300 e.